The van der Waals surface area contributed by atoms with E-state index < -0.39 is 14.9 Å². The molecule has 0 fully saturated rings. The number of hydrogen-bond donors (Lipinski definition) is 1. The Morgan fingerprint density at radius 2 is 1.71 bits per heavy atom. The van der Waals surface area contributed by atoms with Crippen molar-refractivity contribution in [3.8, 4) is 0 Å². The topological polar surface area (TPSA) is 115 Å². The highest BCUT2D eigenvalue weighted by Gasteiger charge is 2.20. The van der Waals surface area contributed by atoms with Crippen molar-refractivity contribution < 1.29 is 13.3 Å². The normalized spacial score (nSPS) is 11.4. The van der Waals surface area contributed by atoms with E-state index in [2.05, 4.69) is 14.7 Å². The van der Waals surface area contributed by atoms with Gasteiger partial charge < -0.3 is 0 Å². The van der Waals surface area contributed by atoms with Crippen molar-refractivity contribution >= 4 is 44.2 Å². The fourth-order valence-corrected chi connectivity index (χ4v) is 3.28. The Kier molecular flexibility index (Phi) is 4.04. The number of halogens is 1. The van der Waals surface area contributed by atoms with Gasteiger partial charge in [0, 0.05) is 12.1 Å². The van der Waals surface area contributed by atoms with Crippen LogP contribution in [0.1, 0.15) is 0 Å². The van der Waals surface area contributed by atoms with Crippen molar-refractivity contribution in [2.75, 3.05) is 4.72 Å². The van der Waals surface area contributed by atoms with Crippen LogP contribution >= 0.6 is 11.6 Å². The zero-order chi connectivity index (χ0) is 17.3. The molecule has 3 aromatic rings. The van der Waals surface area contributed by atoms with Crippen LogP contribution in [0.4, 0.5) is 11.5 Å². The summed E-state index contributed by atoms with van der Waals surface area (Å²) < 4.78 is 27.0. The van der Waals surface area contributed by atoms with Crippen molar-refractivity contribution in [3.63, 3.8) is 0 Å². The Balaban J connectivity index is 2.02. The molecular formula is C14H9ClN4O4S. The van der Waals surface area contributed by atoms with Gasteiger partial charge in [-0.2, -0.15) is 0 Å². The van der Waals surface area contributed by atoms with E-state index in [1.165, 1.54) is 18.2 Å². The zero-order valence-electron chi connectivity index (χ0n) is 11.9. The lowest BCUT2D eigenvalue weighted by Crippen LogP contribution is -2.15. The average molecular weight is 365 g/mol. The van der Waals surface area contributed by atoms with Gasteiger partial charge in [0.15, 0.2) is 11.0 Å². The maximum absolute atomic E-state index is 12.4. The largest absolute Gasteiger partial charge is 0.270 e. The number of anilines is 1. The molecule has 8 nitrogen and oxygen atoms in total. The van der Waals surface area contributed by atoms with Crippen LogP contribution < -0.4 is 4.72 Å². The molecule has 0 unspecified atom stereocenters. The maximum atomic E-state index is 12.4. The first-order valence-corrected chi connectivity index (χ1v) is 8.42. The van der Waals surface area contributed by atoms with E-state index >= 15 is 0 Å². The van der Waals surface area contributed by atoms with E-state index in [0.29, 0.717) is 11.0 Å². The van der Waals surface area contributed by atoms with Crippen LogP contribution in [0.15, 0.2) is 53.4 Å². The quantitative estimate of drug-likeness (QED) is 0.562. The predicted octanol–water partition coefficient (Wildman–Crippen LogP) is 2.99. The van der Waals surface area contributed by atoms with Crippen LogP contribution in [-0.4, -0.2) is 23.3 Å². The van der Waals surface area contributed by atoms with E-state index in [9.17, 15) is 18.5 Å². The molecule has 0 saturated carbocycles. The van der Waals surface area contributed by atoms with Gasteiger partial charge in [0.25, 0.3) is 15.7 Å². The van der Waals surface area contributed by atoms with Gasteiger partial charge >= 0.3 is 0 Å². The minimum Gasteiger partial charge on any atom is -0.261 e. The molecule has 1 aromatic heterocycles. The highest BCUT2D eigenvalue weighted by Crippen LogP contribution is 2.25. The first kappa shape index (κ1) is 16.1. The monoisotopic (exact) mass is 364 g/mol. The lowest BCUT2D eigenvalue weighted by atomic mass is 10.3. The number of hydrogen-bond acceptors (Lipinski definition) is 6. The van der Waals surface area contributed by atoms with Crippen LogP contribution in [0.3, 0.4) is 0 Å². The standard InChI is InChI=1S/C14H9ClN4O4S/c15-13-14(17-12-7-2-1-6-11(12)16-13)18-24(22,23)10-5-3-4-9(8-10)19(20)21/h1-8H,(H,17,18). The lowest BCUT2D eigenvalue weighted by molar-refractivity contribution is -0.385. The summed E-state index contributed by atoms with van der Waals surface area (Å²) in [5.74, 6) is -0.151. The number of rotatable bonds is 4. The van der Waals surface area contributed by atoms with Gasteiger partial charge in [-0.3, -0.25) is 14.8 Å². The molecule has 122 valence electrons. The molecule has 0 aliphatic rings. The second-order valence-electron chi connectivity index (χ2n) is 4.71. The maximum Gasteiger partial charge on any atom is 0.270 e. The molecule has 0 bridgehead atoms. The van der Waals surface area contributed by atoms with Crippen molar-refractivity contribution in [1.29, 1.82) is 0 Å². The van der Waals surface area contributed by atoms with Crippen molar-refractivity contribution in [2.24, 2.45) is 0 Å². The zero-order valence-corrected chi connectivity index (χ0v) is 13.5. The third kappa shape index (κ3) is 3.12. The van der Waals surface area contributed by atoms with Gasteiger partial charge in [0.2, 0.25) is 0 Å². The molecule has 0 saturated heterocycles. The Morgan fingerprint density at radius 3 is 2.38 bits per heavy atom. The molecule has 3 rings (SSSR count). The smallest absolute Gasteiger partial charge is 0.261 e. The minimum atomic E-state index is -4.10. The van der Waals surface area contributed by atoms with Crippen LogP contribution in [-0.2, 0) is 10.0 Å². The highest BCUT2D eigenvalue weighted by molar-refractivity contribution is 7.92. The van der Waals surface area contributed by atoms with Gasteiger partial charge in [0.05, 0.1) is 20.9 Å². The third-order valence-electron chi connectivity index (χ3n) is 3.10. The Hall–Kier alpha value is -2.78. The summed E-state index contributed by atoms with van der Waals surface area (Å²) in [5, 5.41) is 10.7. The average Bonchev–Trinajstić information content (AvgIpc) is 2.55. The van der Waals surface area contributed by atoms with Gasteiger partial charge in [-0.15, -0.1) is 0 Å². The fourth-order valence-electron chi connectivity index (χ4n) is 1.99. The summed E-state index contributed by atoms with van der Waals surface area (Å²) in [6.07, 6.45) is 0. The number of nitro groups is 1. The minimum absolute atomic E-state index is 0.122. The first-order chi connectivity index (χ1) is 11.4. The molecule has 1 heterocycles. The number of aromatic nitrogens is 2. The molecule has 2 aromatic carbocycles. The molecule has 24 heavy (non-hydrogen) atoms. The summed E-state index contributed by atoms with van der Waals surface area (Å²) in [5.41, 5.74) is 0.632. The number of nitro benzene ring substituents is 1. The highest BCUT2D eigenvalue weighted by atomic mass is 35.5. The number of nitrogens with zero attached hydrogens (tertiary/aromatic N) is 3. The van der Waals surface area contributed by atoms with E-state index in [-0.39, 0.29) is 21.6 Å². The summed E-state index contributed by atoms with van der Waals surface area (Å²) in [6.45, 7) is 0. The molecule has 0 spiro atoms. The lowest BCUT2D eigenvalue weighted by Gasteiger charge is -2.09. The van der Waals surface area contributed by atoms with E-state index in [1.54, 1.807) is 24.3 Å². The van der Waals surface area contributed by atoms with E-state index in [1.807, 2.05) is 0 Å². The van der Waals surface area contributed by atoms with Gasteiger partial charge in [0.1, 0.15) is 0 Å². The molecule has 1 N–H and O–H groups in total. The number of non-ortho nitro benzene ring substituents is 1. The summed E-state index contributed by atoms with van der Waals surface area (Å²) in [4.78, 5) is 18.0. The van der Waals surface area contributed by atoms with Crippen molar-refractivity contribution in [3.05, 3.63) is 63.8 Å². The SMILES string of the molecule is O=[N+]([O-])c1cccc(S(=O)(=O)Nc2nc3ccccc3nc2Cl)c1. The first-order valence-electron chi connectivity index (χ1n) is 6.56. The second kappa shape index (κ2) is 6.02. The van der Waals surface area contributed by atoms with Gasteiger partial charge in [-0.05, 0) is 18.2 Å². The Labute approximate surface area is 141 Å². The van der Waals surface area contributed by atoms with E-state index in [4.69, 9.17) is 11.6 Å². The summed E-state index contributed by atoms with van der Waals surface area (Å²) >= 11 is 5.97. The third-order valence-corrected chi connectivity index (χ3v) is 4.70. The number of benzene rings is 2. The molecule has 0 amide bonds. The van der Waals surface area contributed by atoms with Crippen LogP contribution in [0.25, 0.3) is 11.0 Å². The van der Waals surface area contributed by atoms with Crippen LogP contribution in [0.2, 0.25) is 5.15 Å². The van der Waals surface area contributed by atoms with E-state index in [0.717, 1.165) is 6.07 Å². The van der Waals surface area contributed by atoms with Crippen LogP contribution in [0, 0.1) is 10.1 Å². The Morgan fingerprint density at radius 1 is 1.04 bits per heavy atom. The molecule has 0 atom stereocenters. The molecule has 0 aliphatic carbocycles. The number of fused-ring (bicyclic) bond motifs is 1. The predicted molar refractivity (Wildman–Crippen MR) is 88.5 cm³/mol. The second-order valence-corrected chi connectivity index (χ2v) is 6.75. The molecule has 10 heteroatoms. The van der Waals surface area contributed by atoms with Gasteiger partial charge in [-0.25, -0.2) is 18.4 Å². The molecular weight excluding hydrogens is 356 g/mol. The number of para-hydroxylation sites is 2. The molecule has 0 radical (unpaired) electrons. The van der Waals surface area contributed by atoms with Crippen LogP contribution in [0.5, 0.6) is 0 Å². The van der Waals surface area contributed by atoms with Crippen molar-refractivity contribution in [1.82, 2.24) is 9.97 Å². The van der Waals surface area contributed by atoms with Crippen molar-refractivity contribution in [2.45, 2.75) is 4.90 Å². The fraction of sp³-hybridized carbons (Fsp3) is 0. The number of nitrogens with one attached hydrogen (secondary N) is 1. The summed E-state index contributed by atoms with van der Waals surface area (Å²) in [7, 11) is -4.10. The number of sulfonamides is 1. The molecule has 0 aliphatic heterocycles. The Bertz CT molecular complexity index is 1060. The summed E-state index contributed by atoms with van der Waals surface area (Å²) in [6, 6.07) is 11.5. The van der Waals surface area contributed by atoms with Gasteiger partial charge in [-0.1, -0.05) is 29.8 Å².